The van der Waals surface area contributed by atoms with Crippen molar-refractivity contribution >= 4 is 5.96 Å². The van der Waals surface area contributed by atoms with Gasteiger partial charge in [-0.15, -0.1) is 6.58 Å². The number of rotatable bonds is 8. The van der Waals surface area contributed by atoms with Crippen molar-refractivity contribution in [3.05, 3.63) is 12.7 Å². The standard InChI is InChI=1S/C16H32N4/c1-5-9-18-16(17-6-2)19-13-15(12-14(3)4)20-10-7-8-11-20/h5,14-15H,1,6-13H2,2-4H3,(H2,17,18,19). The van der Waals surface area contributed by atoms with E-state index < -0.39 is 0 Å². The molecule has 0 amide bonds. The first-order valence-corrected chi connectivity index (χ1v) is 8.04. The molecule has 0 spiro atoms. The molecule has 0 saturated carbocycles. The van der Waals surface area contributed by atoms with Gasteiger partial charge in [0.15, 0.2) is 5.96 Å². The Bertz CT molecular complexity index is 293. The lowest BCUT2D eigenvalue weighted by atomic mass is 10.0. The van der Waals surface area contributed by atoms with Crippen LogP contribution in [0.5, 0.6) is 0 Å². The van der Waals surface area contributed by atoms with Crippen molar-refractivity contribution in [1.82, 2.24) is 15.5 Å². The second-order valence-electron chi connectivity index (χ2n) is 5.92. The summed E-state index contributed by atoms with van der Waals surface area (Å²) in [5.41, 5.74) is 0. The van der Waals surface area contributed by atoms with Crippen LogP contribution in [0.1, 0.15) is 40.0 Å². The lowest BCUT2D eigenvalue weighted by molar-refractivity contribution is 0.218. The van der Waals surface area contributed by atoms with Gasteiger partial charge < -0.3 is 10.6 Å². The SMILES string of the molecule is C=CCNC(=NCC(CC(C)C)N1CCCC1)NCC. The Kier molecular flexibility index (Phi) is 8.35. The van der Waals surface area contributed by atoms with Gasteiger partial charge in [0.05, 0.1) is 6.54 Å². The number of guanidine groups is 1. The molecule has 1 heterocycles. The van der Waals surface area contributed by atoms with Crippen LogP contribution < -0.4 is 10.6 Å². The van der Waals surface area contributed by atoms with E-state index in [-0.39, 0.29) is 0 Å². The molecule has 0 aromatic rings. The molecule has 1 aliphatic heterocycles. The zero-order chi connectivity index (χ0) is 14.8. The molecule has 20 heavy (non-hydrogen) atoms. The van der Waals surface area contributed by atoms with Gasteiger partial charge >= 0.3 is 0 Å². The smallest absolute Gasteiger partial charge is 0.191 e. The number of nitrogens with zero attached hydrogens (tertiary/aromatic N) is 2. The van der Waals surface area contributed by atoms with Crippen LogP contribution >= 0.6 is 0 Å². The highest BCUT2D eigenvalue weighted by Crippen LogP contribution is 2.18. The molecule has 2 N–H and O–H groups in total. The van der Waals surface area contributed by atoms with Gasteiger partial charge in [-0.3, -0.25) is 9.89 Å². The van der Waals surface area contributed by atoms with Gasteiger partial charge in [-0.2, -0.15) is 0 Å². The highest BCUT2D eigenvalue weighted by atomic mass is 15.2. The van der Waals surface area contributed by atoms with E-state index in [0.29, 0.717) is 6.04 Å². The minimum absolute atomic E-state index is 0.580. The number of nitrogens with one attached hydrogen (secondary N) is 2. The number of aliphatic imine (C=N–C) groups is 1. The topological polar surface area (TPSA) is 39.7 Å². The average molecular weight is 280 g/mol. The maximum atomic E-state index is 4.75. The van der Waals surface area contributed by atoms with Crippen LogP contribution in [0.3, 0.4) is 0 Å². The summed E-state index contributed by atoms with van der Waals surface area (Å²) in [6.07, 6.45) is 5.77. The fraction of sp³-hybridized carbons (Fsp3) is 0.812. The van der Waals surface area contributed by atoms with E-state index in [4.69, 9.17) is 4.99 Å². The Hall–Kier alpha value is -1.03. The Labute approximate surface area is 124 Å². The number of hydrogen-bond donors (Lipinski definition) is 2. The molecule has 4 heteroatoms. The fourth-order valence-electron chi connectivity index (χ4n) is 2.70. The molecule has 1 fully saturated rings. The van der Waals surface area contributed by atoms with E-state index in [1.807, 2.05) is 6.08 Å². The zero-order valence-electron chi connectivity index (χ0n) is 13.5. The molecule has 0 aromatic heterocycles. The maximum absolute atomic E-state index is 4.75. The lowest BCUT2D eigenvalue weighted by Gasteiger charge is -2.28. The average Bonchev–Trinajstić information content (AvgIpc) is 2.93. The first kappa shape index (κ1) is 17.0. The normalized spacial score (nSPS) is 18.3. The Morgan fingerprint density at radius 2 is 2.00 bits per heavy atom. The highest BCUT2D eigenvalue weighted by Gasteiger charge is 2.22. The quantitative estimate of drug-likeness (QED) is 0.407. The van der Waals surface area contributed by atoms with E-state index >= 15 is 0 Å². The maximum Gasteiger partial charge on any atom is 0.191 e. The van der Waals surface area contributed by atoms with E-state index in [2.05, 4.69) is 42.9 Å². The molecular weight excluding hydrogens is 248 g/mol. The number of likely N-dealkylation sites (tertiary alicyclic amines) is 1. The summed E-state index contributed by atoms with van der Waals surface area (Å²) in [7, 11) is 0. The van der Waals surface area contributed by atoms with E-state index in [9.17, 15) is 0 Å². The fourth-order valence-corrected chi connectivity index (χ4v) is 2.70. The summed E-state index contributed by atoms with van der Waals surface area (Å²) >= 11 is 0. The van der Waals surface area contributed by atoms with Gasteiger partial charge in [0.1, 0.15) is 0 Å². The minimum atomic E-state index is 0.580. The summed E-state index contributed by atoms with van der Waals surface area (Å²) in [5, 5.41) is 6.56. The third-order valence-electron chi connectivity index (χ3n) is 3.62. The molecule has 0 bridgehead atoms. The predicted octanol–water partition coefficient (Wildman–Crippen LogP) is 2.24. The largest absolute Gasteiger partial charge is 0.357 e. The monoisotopic (exact) mass is 280 g/mol. The van der Waals surface area contributed by atoms with Gasteiger partial charge in [0.25, 0.3) is 0 Å². The van der Waals surface area contributed by atoms with Gasteiger partial charge in [0.2, 0.25) is 0 Å². The summed E-state index contributed by atoms with van der Waals surface area (Å²) in [4.78, 5) is 7.37. The predicted molar refractivity (Wildman–Crippen MR) is 88.2 cm³/mol. The molecule has 0 radical (unpaired) electrons. The van der Waals surface area contributed by atoms with Gasteiger partial charge in [0, 0.05) is 19.1 Å². The molecule has 1 atom stereocenters. The first-order chi connectivity index (χ1) is 9.67. The summed E-state index contributed by atoms with van der Waals surface area (Å²) in [5.74, 6) is 1.62. The van der Waals surface area contributed by atoms with Gasteiger partial charge in [-0.1, -0.05) is 19.9 Å². The second kappa shape index (κ2) is 9.81. The van der Waals surface area contributed by atoms with E-state index in [1.165, 1.54) is 32.4 Å². The van der Waals surface area contributed by atoms with E-state index in [1.54, 1.807) is 0 Å². The molecular formula is C16H32N4. The van der Waals surface area contributed by atoms with Gasteiger partial charge in [-0.25, -0.2) is 0 Å². The highest BCUT2D eigenvalue weighted by molar-refractivity contribution is 5.79. The van der Waals surface area contributed by atoms with Crippen molar-refractivity contribution < 1.29 is 0 Å². The third-order valence-corrected chi connectivity index (χ3v) is 3.62. The second-order valence-corrected chi connectivity index (χ2v) is 5.92. The molecule has 1 unspecified atom stereocenters. The third kappa shape index (κ3) is 6.42. The van der Waals surface area contributed by atoms with Crippen molar-refractivity contribution in [2.75, 3.05) is 32.7 Å². The summed E-state index contributed by atoms with van der Waals surface area (Å²) < 4.78 is 0. The molecule has 1 aliphatic rings. The molecule has 1 rings (SSSR count). The molecule has 116 valence electrons. The van der Waals surface area contributed by atoms with Crippen molar-refractivity contribution in [3.63, 3.8) is 0 Å². The van der Waals surface area contributed by atoms with Crippen LogP contribution in [-0.4, -0.2) is 49.6 Å². The Morgan fingerprint density at radius 1 is 1.30 bits per heavy atom. The van der Waals surface area contributed by atoms with Gasteiger partial charge in [-0.05, 0) is 45.2 Å². The Morgan fingerprint density at radius 3 is 2.55 bits per heavy atom. The lowest BCUT2D eigenvalue weighted by Crippen LogP contribution is -2.40. The molecule has 0 aliphatic carbocycles. The summed E-state index contributed by atoms with van der Waals surface area (Å²) in [6.45, 7) is 15.4. The summed E-state index contributed by atoms with van der Waals surface area (Å²) in [6, 6.07) is 0.580. The van der Waals surface area contributed by atoms with Crippen LogP contribution in [-0.2, 0) is 0 Å². The van der Waals surface area contributed by atoms with Crippen LogP contribution in [0.15, 0.2) is 17.6 Å². The van der Waals surface area contributed by atoms with Crippen molar-refractivity contribution in [2.45, 2.75) is 46.1 Å². The first-order valence-electron chi connectivity index (χ1n) is 8.04. The molecule has 1 saturated heterocycles. The van der Waals surface area contributed by atoms with Crippen LogP contribution in [0.4, 0.5) is 0 Å². The van der Waals surface area contributed by atoms with Crippen molar-refractivity contribution in [3.8, 4) is 0 Å². The zero-order valence-corrected chi connectivity index (χ0v) is 13.5. The number of hydrogen-bond acceptors (Lipinski definition) is 2. The molecule has 4 nitrogen and oxygen atoms in total. The minimum Gasteiger partial charge on any atom is -0.357 e. The van der Waals surface area contributed by atoms with Crippen molar-refractivity contribution in [1.29, 1.82) is 0 Å². The molecule has 0 aromatic carbocycles. The van der Waals surface area contributed by atoms with Crippen LogP contribution in [0.2, 0.25) is 0 Å². The van der Waals surface area contributed by atoms with Crippen molar-refractivity contribution in [2.24, 2.45) is 10.9 Å². The Balaban J connectivity index is 2.57. The van der Waals surface area contributed by atoms with Crippen LogP contribution in [0.25, 0.3) is 0 Å². The van der Waals surface area contributed by atoms with Crippen LogP contribution in [0, 0.1) is 5.92 Å². The van der Waals surface area contributed by atoms with E-state index in [0.717, 1.165) is 31.5 Å².